The SMILES string of the molecule is CC(C)(C)NCC1CCC(NS(C)(=O)=O)CC1. The summed E-state index contributed by atoms with van der Waals surface area (Å²) in [5.74, 6) is 0.687. The van der Waals surface area contributed by atoms with Crippen molar-refractivity contribution in [2.24, 2.45) is 5.92 Å². The molecule has 102 valence electrons. The second-order valence-electron chi connectivity index (χ2n) is 6.24. The Morgan fingerprint density at radius 3 is 2.06 bits per heavy atom. The average molecular weight is 262 g/mol. The summed E-state index contributed by atoms with van der Waals surface area (Å²) in [6.07, 6.45) is 5.37. The molecule has 4 nitrogen and oxygen atoms in total. The van der Waals surface area contributed by atoms with E-state index in [-0.39, 0.29) is 11.6 Å². The Labute approximate surface area is 106 Å². The van der Waals surface area contributed by atoms with E-state index in [2.05, 4.69) is 30.8 Å². The van der Waals surface area contributed by atoms with Gasteiger partial charge < -0.3 is 5.32 Å². The monoisotopic (exact) mass is 262 g/mol. The van der Waals surface area contributed by atoms with Gasteiger partial charge in [-0.3, -0.25) is 0 Å². The summed E-state index contributed by atoms with van der Waals surface area (Å²) >= 11 is 0. The van der Waals surface area contributed by atoms with E-state index in [0.717, 1.165) is 32.2 Å². The lowest BCUT2D eigenvalue weighted by Gasteiger charge is -2.31. The zero-order valence-corrected chi connectivity index (χ0v) is 12.2. The van der Waals surface area contributed by atoms with Crippen LogP contribution in [0.15, 0.2) is 0 Å². The van der Waals surface area contributed by atoms with Gasteiger partial charge in [0.25, 0.3) is 0 Å². The Morgan fingerprint density at radius 2 is 1.65 bits per heavy atom. The molecule has 1 saturated carbocycles. The lowest BCUT2D eigenvalue weighted by Crippen LogP contribution is -2.42. The quantitative estimate of drug-likeness (QED) is 0.807. The number of rotatable bonds is 4. The number of nitrogens with one attached hydrogen (secondary N) is 2. The van der Waals surface area contributed by atoms with E-state index in [9.17, 15) is 8.42 Å². The molecule has 1 aliphatic carbocycles. The fourth-order valence-corrected chi connectivity index (χ4v) is 3.08. The van der Waals surface area contributed by atoms with Gasteiger partial charge in [0.2, 0.25) is 10.0 Å². The molecule has 0 amide bonds. The van der Waals surface area contributed by atoms with Crippen LogP contribution < -0.4 is 10.0 Å². The van der Waals surface area contributed by atoms with E-state index in [1.807, 2.05) is 0 Å². The predicted molar refractivity (Wildman–Crippen MR) is 71.5 cm³/mol. The van der Waals surface area contributed by atoms with Gasteiger partial charge in [0.1, 0.15) is 0 Å². The first-order chi connectivity index (χ1) is 7.66. The first-order valence-corrected chi connectivity index (χ1v) is 8.27. The highest BCUT2D eigenvalue weighted by atomic mass is 32.2. The molecule has 0 aromatic heterocycles. The van der Waals surface area contributed by atoms with E-state index in [1.54, 1.807) is 0 Å². The van der Waals surface area contributed by atoms with Crippen LogP contribution in [-0.4, -0.2) is 32.8 Å². The minimum atomic E-state index is -3.04. The van der Waals surface area contributed by atoms with Crippen molar-refractivity contribution in [3.05, 3.63) is 0 Å². The number of hydrogen-bond acceptors (Lipinski definition) is 3. The van der Waals surface area contributed by atoms with E-state index in [1.165, 1.54) is 6.26 Å². The molecule has 0 spiro atoms. The van der Waals surface area contributed by atoms with Crippen molar-refractivity contribution in [3.8, 4) is 0 Å². The van der Waals surface area contributed by atoms with E-state index in [4.69, 9.17) is 0 Å². The maximum Gasteiger partial charge on any atom is 0.208 e. The minimum Gasteiger partial charge on any atom is -0.312 e. The average Bonchev–Trinajstić information content (AvgIpc) is 2.13. The van der Waals surface area contributed by atoms with E-state index >= 15 is 0 Å². The van der Waals surface area contributed by atoms with Gasteiger partial charge in [-0.05, 0) is 58.9 Å². The summed E-state index contributed by atoms with van der Waals surface area (Å²) in [7, 11) is -3.04. The molecule has 1 aliphatic rings. The first kappa shape index (κ1) is 14.9. The first-order valence-electron chi connectivity index (χ1n) is 6.38. The highest BCUT2D eigenvalue weighted by Crippen LogP contribution is 2.24. The van der Waals surface area contributed by atoms with Crippen molar-refractivity contribution >= 4 is 10.0 Å². The van der Waals surface area contributed by atoms with Crippen LogP contribution in [0.3, 0.4) is 0 Å². The largest absolute Gasteiger partial charge is 0.312 e. The standard InChI is InChI=1S/C12H26N2O2S/c1-12(2,3)13-9-10-5-7-11(8-6-10)14-17(4,15)16/h10-11,13-14H,5-9H2,1-4H3. The zero-order valence-electron chi connectivity index (χ0n) is 11.4. The molecule has 0 unspecified atom stereocenters. The molecule has 17 heavy (non-hydrogen) atoms. The Bertz CT molecular complexity index is 325. The highest BCUT2D eigenvalue weighted by Gasteiger charge is 2.23. The maximum atomic E-state index is 11.1. The fourth-order valence-electron chi connectivity index (χ4n) is 2.24. The van der Waals surface area contributed by atoms with Crippen molar-refractivity contribution in [1.29, 1.82) is 0 Å². The molecule has 0 heterocycles. The lowest BCUT2D eigenvalue weighted by atomic mass is 9.86. The maximum absolute atomic E-state index is 11.1. The molecule has 0 radical (unpaired) electrons. The molecule has 0 saturated heterocycles. The summed E-state index contributed by atoms with van der Waals surface area (Å²) in [6, 6.07) is 0.149. The van der Waals surface area contributed by atoms with Crippen LogP contribution in [0.4, 0.5) is 0 Å². The minimum absolute atomic E-state index is 0.149. The molecule has 0 aliphatic heterocycles. The van der Waals surface area contributed by atoms with Crippen LogP contribution >= 0.6 is 0 Å². The number of sulfonamides is 1. The topological polar surface area (TPSA) is 58.2 Å². The van der Waals surface area contributed by atoms with Gasteiger partial charge in [0.05, 0.1) is 6.26 Å². The molecular weight excluding hydrogens is 236 g/mol. The van der Waals surface area contributed by atoms with Crippen molar-refractivity contribution in [3.63, 3.8) is 0 Å². The van der Waals surface area contributed by atoms with Crippen LogP contribution in [0.2, 0.25) is 0 Å². The van der Waals surface area contributed by atoms with Crippen molar-refractivity contribution in [1.82, 2.24) is 10.0 Å². The fraction of sp³-hybridized carbons (Fsp3) is 1.00. The Balaban J connectivity index is 2.27. The van der Waals surface area contributed by atoms with Crippen molar-refractivity contribution in [2.45, 2.75) is 58.0 Å². The molecule has 0 aromatic rings. The van der Waals surface area contributed by atoms with Crippen LogP contribution in [0.25, 0.3) is 0 Å². The molecule has 2 N–H and O–H groups in total. The summed E-state index contributed by atoms with van der Waals surface area (Å²) in [4.78, 5) is 0. The second kappa shape index (κ2) is 5.67. The predicted octanol–water partition coefficient (Wildman–Crippen LogP) is 1.48. The van der Waals surface area contributed by atoms with Gasteiger partial charge in [-0.1, -0.05) is 0 Å². The molecule has 0 bridgehead atoms. The Hall–Kier alpha value is -0.130. The summed E-state index contributed by atoms with van der Waals surface area (Å²) < 4.78 is 24.9. The third-order valence-electron chi connectivity index (χ3n) is 3.15. The zero-order chi connectivity index (χ0) is 13.1. The molecule has 1 fully saturated rings. The highest BCUT2D eigenvalue weighted by molar-refractivity contribution is 7.88. The van der Waals surface area contributed by atoms with Crippen molar-refractivity contribution < 1.29 is 8.42 Å². The summed E-state index contributed by atoms with van der Waals surface area (Å²) in [6.45, 7) is 7.55. The Morgan fingerprint density at radius 1 is 1.12 bits per heavy atom. The van der Waals surface area contributed by atoms with Crippen LogP contribution in [0.1, 0.15) is 46.5 Å². The second-order valence-corrected chi connectivity index (χ2v) is 8.02. The van der Waals surface area contributed by atoms with Gasteiger partial charge in [-0.15, -0.1) is 0 Å². The third kappa shape index (κ3) is 7.01. The smallest absolute Gasteiger partial charge is 0.208 e. The summed E-state index contributed by atoms with van der Waals surface area (Å²) in [5.41, 5.74) is 0.169. The molecular formula is C12H26N2O2S. The van der Waals surface area contributed by atoms with Crippen LogP contribution in [0.5, 0.6) is 0 Å². The van der Waals surface area contributed by atoms with Crippen LogP contribution in [-0.2, 0) is 10.0 Å². The lowest BCUT2D eigenvalue weighted by molar-refractivity contribution is 0.279. The Kier molecular flexibility index (Phi) is 4.98. The van der Waals surface area contributed by atoms with Gasteiger partial charge >= 0.3 is 0 Å². The van der Waals surface area contributed by atoms with Crippen molar-refractivity contribution in [2.75, 3.05) is 12.8 Å². The molecule has 0 aromatic carbocycles. The summed E-state index contributed by atoms with van der Waals surface area (Å²) in [5, 5.41) is 3.52. The van der Waals surface area contributed by atoms with E-state index < -0.39 is 10.0 Å². The van der Waals surface area contributed by atoms with Gasteiger partial charge in [0.15, 0.2) is 0 Å². The van der Waals surface area contributed by atoms with Gasteiger partial charge in [-0.25, -0.2) is 13.1 Å². The van der Waals surface area contributed by atoms with Gasteiger partial charge in [0, 0.05) is 11.6 Å². The normalized spacial score (nSPS) is 27.1. The molecule has 0 atom stereocenters. The van der Waals surface area contributed by atoms with E-state index in [0.29, 0.717) is 5.92 Å². The number of hydrogen-bond donors (Lipinski definition) is 2. The van der Waals surface area contributed by atoms with Gasteiger partial charge in [-0.2, -0.15) is 0 Å². The van der Waals surface area contributed by atoms with Crippen LogP contribution in [0, 0.1) is 5.92 Å². The molecule has 5 heteroatoms. The third-order valence-corrected chi connectivity index (χ3v) is 3.91. The molecule has 1 rings (SSSR count).